The van der Waals surface area contributed by atoms with Crippen molar-refractivity contribution in [2.75, 3.05) is 11.9 Å². The van der Waals surface area contributed by atoms with Crippen molar-refractivity contribution < 1.29 is 4.79 Å². The lowest BCUT2D eigenvalue weighted by Gasteiger charge is -2.19. The van der Waals surface area contributed by atoms with Crippen molar-refractivity contribution in [2.45, 2.75) is 32.7 Å². The molecule has 3 atom stereocenters. The van der Waals surface area contributed by atoms with Crippen molar-refractivity contribution in [1.29, 1.82) is 0 Å². The van der Waals surface area contributed by atoms with Crippen LogP contribution in [-0.4, -0.2) is 18.5 Å². The van der Waals surface area contributed by atoms with Crippen LogP contribution in [0.4, 0.5) is 5.69 Å². The van der Waals surface area contributed by atoms with E-state index in [-0.39, 0.29) is 11.9 Å². The van der Waals surface area contributed by atoms with Crippen LogP contribution in [0.15, 0.2) is 36.4 Å². The van der Waals surface area contributed by atoms with Gasteiger partial charge in [-0.2, -0.15) is 0 Å². The molecule has 1 amide bonds. The Kier molecular flexibility index (Phi) is 4.00. The fourth-order valence-corrected chi connectivity index (χ4v) is 3.46. The van der Waals surface area contributed by atoms with Crippen molar-refractivity contribution in [3.8, 4) is 0 Å². The third-order valence-electron chi connectivity index (χ3n) is 4.55. The summed E-state index contributed by atoms with van der Waals surface area (Å²) in [7, 11) is 0. The second-order valence-electron chi connectivity index (χ2n) is 6.63. The van der Waals surface area contributed by atoms with Gasteiger partial charge in [0.15, 0.2) is 0 Å². The molecule has 1 aromatic rings. The van der Waals surface area contributed by atoms with Gasteiger partial charge in [-0.3, -0.25) is 4.79 Å². The molecule has 1 aromatic carbocycles. The Hall–Kier alpha value is -1.77. The summed E-state index contributed by atoms with van der Waals surface area (Å²) in [4.78, 5) is 11.9. The number of rotatable bonds is 5. The molecule has 112 valence electrons. The minimum atomic E-state index is -0.00482. The van der Waals surface area contributed by atoms with E-state index in [9.17, 15) is 4.79 Å². The molecule has 0 radical (unpaired) electrons. The lowest BCUT2D eigenvalue weighted by Crippen LogP contribution is -2.30. The first kappa shape index (κ1) is 14.2. The third kappa shape index (κ3) is 3.29. The fraction of sp³-hybridized carbons (Fsp3) is 0.500. The molecule has 2 N–H and O–H groups in total. The standard InChI is InChI=1S/C18H24N2O/c1-12(2)20-18(21)14-5-7-17(8-6-14)19-11-16-10-13-3-4-15(16)9-13/h3-8,12-13,15-16,19H,9-11H2,1-2H3,(H,20,21). The lowest BCUT2D eigenvalue weighted by molar-refractivity contribution is 0.0943. The molecule has 0 spiro atoms. The number of hydrogen-bond donors (Lipinski definition) is 2. The summed E-state index contributed by atoms with van der Waals surface area (Å²) in [5.74, 6) is 2.36. The molecule has 21 heavy (non-hydrogen) atoms. The zero-order valence-electron chi connectivity index (χ0n) is 12.8. The van der Waals surface area contributed by atoms with E-state index < -0.39 is 0 Å². The van der Waals surface area contributed by atoms with Gasteiger partial charge in [0.25, 0.3) is 5.91 Å². The minimum absolute atomic E-state index is 0.00482. The normalized spacial score (nSPS) is 26.3. The fourth-order valence-electron chi connectivity index (χ4n) is 3.46. The van der Waals surface area contributed by atoms with Gasteiger partial charge in [-0.05, 0) is 68.7 Å². The molecule has 3 unspecified atom stereocenters. The Bertz CT molecular complexity index is 533. The van der Waals surface area contributed by atoms with Crippen molar-refractivity contribution in [3.63, 3.8) is 0 Å². The van der Waals surface area contributed by atoms with Crippen LogP contribution in [0.2, 0.25) is 0 Å². The van der Waals surface area contributed by atoms with Gasteiger partial charge < -0.3 is 10.6 Å². The van der Waals surface area contributed by atoms with E-state index in [0.29, 0.717) is 0 Å². The second-order valence-corrected chi connectivity index (χ2v) is 6.63. The number of benzene rings is 1. The van der Waals surface area contributed by atoms with Crippen molar-refractivity contribution in [2.24, 2.45) is 17.8 Å². The Morgan fingerprint density at radius 3 is 2.52 bits per heavy atom. The lowest BCUT2D eigenvalue weighted by atomic mass is 9.93. The van der Waals surface area contributed by atoms with E-state index in [2.05, 4.69) is 22.8 Å². The van der Waals surface area contributed by atoms with Gasteiger partial charge in [-0.15, -0.1) is 0 Å². The summed E-state index contributed by atoms with van der Waals surface area (Å²) < 4.78 is 0. The number of carbonyl (C=O) groups excluding carboxylic acids is 1. The molecular weight excluding hydrogens is 260 g/mol. The summed E-state index contributed by atoms with van der Waals surface area (Å²) >= 11 is 0. The van der Waals surface area contributed by atoms with Crippen LogP contribution >= 0.6 is 0 Å². The summed E-state index contributed by atoms with van der Waals surface area (Å²) in [6.45, 7) is 4.97. The molecule has 2 aliphatic rings. The highest BCUT2D eigenvalue weighted by molar-refractivity contribution is 5.94. The molecule has 0 saturated heterocycles. The first-order chi connectivity index (χ1) is 10.1. The van der Waals surface area contributed by atoms with Crippen LogP contribution in [0.1, 0.15) is 37.0 Å². The predicted octanol–water partition coefficient (Wildman–Crippen LogP) is 3.45. The molecular formula is C18H24N2O. The van der Waals surface area contributed by atoms with E-state index in [4.69, 9.17) is 0 Å². The number of amides is 1. The average molecular weight is 284 g/mol. The zero-order chi connectivity index (χ0) is 14.8. The van der Waals surface area contributed by atoms with Crippen molar-refractivity contribution in [3.05, 3.63) is 42.0 Å². The van der Waals surface area contributed by atoms with E-state index in [0.717, 1.165) is 35.5 Å². The monoisotopic (exact) mass is 284 g/mol. The Morgan fingerprint density at radius 1 is 1.19 bits per heavy atom. The van der Waals surface area contributed by atoms with E-state index in [1.54, 1.807) is 0 Å². The number of allylic oxidation sites excluding steroid dienone is 2. The Morgan fingerprint density at radius 2 is 1.95 bits per heavy atom. The molecule has 3 heteroatoms. The molecule has 3 rings (SSSR count). The summed E-state index contributed by atoms with van der Waals surface area (Å²) in [6, 6.07) is 7.94. The highest BCUT2D eigenvalue weighted by Crippen LogP contribution is 2.43. The Labute approximate surface area is 126 Å². The van der Waals surface area contributed by atoms with E-state index in [1.807, 2.05) is 38.1 Å². The first-order valence-corrected chi connectivity index (χ1v) is 7.95. The SMILES string of the molecule is CC(C)NC(=O)c1ccc(NCC2CC3C=CC2C3)cc1. The molecule has 2 bridgehead atoms. The van der Waals surface area contributed by atoms with Gasteiger partial charge in [0, 0.05) is 23.8 Å². The number of carbonyl (C=O) groups is 1. The van der Waals surface area contributed by atoms with Crippen molar-refractivity contribution in [1.82, 2.24) is 5.32 Å². The highest BCUT2D eigenvalue weighted by Gasteiger charge is 2.35. The van der Waals surface area contributed by atoms with Gasteiger partial charge in [0.1, 0.15) is 0 Å². The Balaban J connectivity index is 1.53. The van der Waals surface area contributed by atoms with Crippen LogP contribution in [0, 0.1) is 17.8 Å². The maximum Gasteiger partial charge on any atom is 0.251 e. The quantitative estimate of drug-likeness (QED) is 0.813. The third-order valence-corrected chi connectivity index (χ3v) is 4.55. The van der Waals surface area contributed by atoms with Gasteiger partial charge in [-0.1, -0.05) is 12.2 Å². The van der Waals surface area contributed by atoms with Gasteiger partial charge in [0.2, 0.25) is 0 Å². The summed E-state index contributed by atoms with van der Waals surface area (Å²) in [6.07, 6.45) is 7.44. The number of fused-ring (bicyclic) bond motifs is 2. The number of anilines is 1. The highest BCUT2D eigenvalue weighted by atomic mass is 16.1. The van der Waals surface area contributed by atoms with E-state index in [1.165, 1.54) is 12.8 Å². The first-order valence-electron chi connectivity index (χ1n) is 7.95. The van der Waals surface area contributed by atoms with Crippen molar-refractivity contribution >= 4 is 11.6 Å². The predicted molar refractivity (Wildman–Crippen MR) is 86.4 cm³/mol. The molecule has 3 nitrogen and oxygen atoms in total. The molecule has 0 aliphatic heterocycles. The van der Waals surface area contributed by atoms with Gasteiger partial charge in [-0.25, -0.2) is 0 Å². The average Bonchev–Trinajstić information content (AvgIpc) is 3.07. The van der Waals surface area contributed by atoms with Crippen LogP contribution in [0.3, 0.4) is 0 Å². The summed E-state index contributed by atoms with van der Waals surface area (Å²) in [5, 5.41) is 6.42. The largest absolute Gasteiger partial charge is 0.385 e. The zero-order valence-corrected chi connectivity index (χ0v) is 12.8. The summed E-state index contributed by atoms with van der Waals surface area (Å²) in [5.41, 5.74) is 1.82. The maximum absolute atomic E-state index is 11.9. The number of hydrogen-bond acceptors (Lipinski definition) is 2. The van der Waals surface area contributed by atoms with Crippen LogP contribution in [-0.2, 0) is 0 Å². The molecule has 1 saturated carbocycles. The van der Waals surface area contributed by atoms with Crippen LogP contribution in [0.5, 0.6) is 0 Å². The number of nitrogens with one attached hydrogen (secondary N) is 2. The van der Waals surface area contributed by atoms with E-state index >= 15 is 0 Å². The van der Waals surface area contributed by atoms with Crippen LogP contribution in [0.25, 0.3) is 0 Å². The molecule has 0 aromatic heterocycles. The minimum Gasteiger partial charge on any atom is -0.385 e. The van der Waals surface area contributed by atoms with Crippen LogP contribution < -0.4 is 10.6 Å². The molecule has 1 fully saturated rings. The molecule has 0 heterocycles. The van der Waals surface area contributed by atoms with Gasteiger partial charge in [0.05, 0.1) is 0 Å². The smallest absolute Gasteiger partial charge is 0.251 e. The molecule has 2 aliphatic carbocycles. The maximum atomic E-state index is 11.9. The second kappa shape index (κ2) is 5.92. The topological polar surface area (TPSA) is 41.1 Å². The van der Waals surface area contributed by atoms with Gasteiger partial charge >= 0.3 is 0 Å².